The number of halogens is 1. The lowest BCUT2D eigenvalue weighted by Crippen LogP contribution is -2.05. The number of rotatable bonds is 6. The minimum absolute atomic E-state index is 0.101. The zero-order chi connectivity index (χ0) is 15.2. The molecule has 0 radical (unpaired) electrons. The summed E-state index contributed by atoms with van der Waals surface area (Å²) in [4.78, 5) is 0. The van der Waals surface area contributed by atoms with Crippen molar-refractivity contribution < 1.29 is 9.84 Å². The maximum atomic E-state index is 9.40. The Morgan fingerprint density at radius 2 is 2.00 bits per heavy atom. The van der Waals surface area contributed by atoms with E-state index >= 15 is 0 Å². The van der Waals surface area contributed by atoms with Gasteiger partial charge in [0.25, 0.3) is 0 Å². The third-order valence-corrected chi connectivity index (χ3v) is 3.23. The molecule has 0 aliphatic heterocycles. The molecule has 0 atom stereocenters. The van der Waals surface area contributed by atoms with E-state index in [0.29, 0.717) is 24.1 Å². The largest absolute Gasteiger partial charge is 0.506 e. The van der Waals surface area contributed by atoms with Crippen LogP contribution in [0.2, 0.25) is 5.02 Å². The van der Waals surface area contributed by atoms with Gasteiger partial charge in [0.1, 0.15) is 11.5 Å². The average molecular weight is 306 g/mol. The van der Waals surface area contributed by atoms with Gasteiger partial charge in [-0.3, -0.25) is 0 Å². The summed E-state index contributed by atoms with van der Waals surface area (Å²) in [5.41, 5.74) is 1.99. The van der Waals surface area contributed by atoms with Gasteiger partial charge < -0.3 is 15.2 Å². The highest BCUT2D eigenvalue weighted by molar-refractivity contribution is 6.32. The third-order valence-electron chi connectivity index (χ3n) is 2.93. The van der Waals surface area contributed by atoms with Crippen LogP contribution in [0.1, 0.15) is 19.4 Å². The molecule has 0 saturated heterocycles. The van der Waals surface area contributed by atoms with Crippen LogP contribution in [-0.4, -0.2) is 11.7 Å². The van der Waals surface area contributed by atoms with E-state index in [1.165, 1.54) is 0 Å². The number of aromatic hydroxyl groups is 1. The molecule has 0 aliphatic rings. The summed E-state index contributed by atoms with van der Waals surface area (Å²) in [6, 6.07) is 13.1. The summed E-state index contributed by atoms with van der Waals surface area (Å²) in [6.07, 6.45) is 0. The molecule has 0 bridgehead atoms. The van der Waals surface area contributed by atoms with Crippen molar-refractivity contribution in [3.8, 4) is 11.5 Å². The van der Waals surface area contributed by atoms with Crippen LogP contribution >= 0.6 is 11.6 Å². The van der Waals surface area contributed by atoms with E-state index in [0.717, 1.165) is 17.0 Å². The molecule has 112 valence electrons. The van der Waals surface area contributed by atoms with Crippen molar-refractivity contribution in [1.29, 1.82) is 0 Å². The van der Waals surface area contributed by atoms with Crippen LogP contribution in [0.25, 0.3) is 0 Å². The Morgan fingerprint density at radius 3 is 2.71 bits per heavy atom. The van der Waals surface area contributed by atoms with Gasteiger partial charge in [0.05, 0.1) is 11.6 Å². The van der Waals surface area contributed by atoms with Crippen molar-refractivity contribution in [3.05, 3.63) is 53.1 Å². The molecule has 0 saturated carbocycles. The van der Waals surface area contributed by atoms with Gasteiger partial charge in [-0.1, -0.05) is 37.6 Å². The molecule has 0 amide bonds. The first kappa shape index (κ1) is 15.5. The molecule has 21 heavy (non-hydrogen) atoms. The molecule has 0 fully saturated rings. The topological polar surface area (TPSA) is 41.5 Å². The molecule has 0 aliphatic carbocycles. The molecule has 2 aromatic carbocycles. The quantitative estimate of drug-likeness (QED) is 0.813. The molecule has 0 unspecified atom stereocenters. The molecule has 3 nitrogen and oxygen atoms in total. The molecule has 0 spiro atoms. The Balaban J connectivity index is 1.96. The number of phenolic OH excluding ortho intramolecular Hbond substituents is 1. The first-order valence-corrected chi connectivity index (χ1v) is 7.36. The zero-order valence-corrected chi connectivity index (χ0v) is 13.0. The van der Waals surface area contributed by atoms with Crippen molar-refractivity contribution in [3.63, 3.8) is 0 Å². The fourth-order valence-corrected chi connectivity index (χ4v) is 2.03. The van der Waals surface area contributed by atoms with E-state index < -0.39 is 0 Å². The Bertz CT molecular complexity index is 599. The van der Waals surface area contributed by atoms with Gasteiger partial charge in [-0.05, 0) is 35.7 Å². The van der Waals surface area contributed by atoms with Crippen molar-refractivity contribution >= 4 is 17.3 Å². The number of benzene rings is 2. The number of ether oxygens (including phenoxy) is 1. The first-order valence-electron chi connectivity index (χ1n) is 6.98. The summed E-state index contributed by atoms with van der Waals surface area (Å²) in [6.45, 7) is 5.58. The Kier molecular flexibility index (Phi) is 5.34. The highest BCUT2D eigenvalue weighted by atomic mass is 35.5. The van der Waals surface area contributed by atoms with E-state index in [1.807, 2.05) is 30.3 Å². The Morgan fingerprint density at radius 1 is 1.19 bits per heavy atom. The highest BCUT2D eigenvalue weighted by Gasteiger charge is 2.02. The molecule has 2 rings (SSSR count). The summed E-state index contributed by atoms with van der Waals surface area (Å²) in [5.74, 6) is 1.46. The van der Waals surface area contributed by atoms with Crippen LogP contribution < -0.4 is 10.1 Å². The Labute approximate surface area is 130 Å². The van der Waals surface area contributed by atoms with Gasteiger partial charge in [0.2, 0.25) is 0 Å². The monoisotopic (exact) mass is 305 g/mol. The van der Waals surface area contributed by atoms with Crippen molar-refractivity contribution in [2.24, 2.45) is 5.92 Å². The molecular weight excluding hydrogens is 286 g/mol. The van der Waals surface area contributed by atoms with Gasteiger partial charge in [0, 0.05) is 18.3 Å². The normalized spacial score (nSPS) is 10.7. The first-order chi connectivity index (χ1) is 10.0. The smallest absolute Gasteiger partial charge is 0.134 e. The van der Waals surface area contributed by atoms with Gasteiger partial charge in [-0.25, -0.2) is 0 Å². The second-order valence-electron chi connectivity index (χ2n) is 5.37. The Hall–Kier alpha value is -1.87. The minimum Gasteiger partial charge on any atom is -0.506 e. The zero-order valence-electron chi connectivity index (χ0n) is 12.3. The molecule has 0 heterocycles. The van der Waals surface area contributed by atoms with Crippen molar-refractivity contribution in [2.45, 2.75) is 20.4 Å². The van der Waals surface area contributed by atoms with E-state index in [1.54, 1.807) is 12.1 Å². The summed E-state index contributed by atoms with van der Waals surface area (Å²) < 4.78 is 5.70. The van der Waals surface area contributed by atoms with Crippen LogP contribution in [0.3, 0.4) is 0 Å². The average Bonchev–Trinajstić information content (AvgIpc) is 2.47. The number of phenols is 1. The summed E-state index contributed by atoms with van der Waals surface area (Å²) in [5, 5.41) is 13.1. The number of anilines is 1. The fraction of sp³-hybridized carbons (Fsp3) is 0.294. The lowest BCUT2D eigenvalue weighted by Gasteiger charge is -2.11. The van der Waals surface area contributed by atoms with Crippen molar-refractivity contribution in [1.82, 2.24) is 0 Å². The molecule has 2 aromatic rings. The van der Waals surface area contributed by atoms with E-state index in [4.69, 9.17) is 16.3 Å². The van der Waals surface area contributed by atoms with Crippen LogP contribution in [-0.2, 0) is 6.54 Å². The third kappa shape index (κ3) is 4.87. The second-order valence-corrected chi connectivity index (χ2v) is 5.78. The molecule has 2 N–H and O–H groups in total. The van der Waals surface area contributed by atoms with Gasteiger partial charge in [-0.15, -0.1) is 0 Å². The minimum atomic E-state index is 0.101. The van der Waals surface area contributed by atoms with Gasteiger partial charge in [-0.2, -0.15) is 0 Å². The lowest BCUT2D eigenvalue weighted by atomic mass is 10.2. The lowest BCUT2D eigenvalue weighted by molar-refractivity contribution is 0.271. The maximum Gasteiger partial charge on any atom is 0.134 e. The number of hydrogen-bond donors (Lipinski definition) is 2. The SMILES string of the molecule is CC(C)COc1cccc(NCc2ccc(O)c(Cl)c2)c1. The van der Waals surface area contributed by atoms with Crippen LogP contribution in [0.15, 0.2) is 42.5 Å². The van der Waals surface area contributed by atoms with Gasteiger partial charge in [0.15, 0.2) is 0 Å². The maximum absolute atomic E-state index is 9.40. The standard InChI is InChI=1S/C17H20ClNO2/c1-12(2)11-21-15-5-3-4-14(9-15)19-10-13-6-7-17(20)16(18)8-13/h3-9,12,19-20H,10-11H2,1-2H3. The highest BCUT2D eigenvalue weighted by Crippen LogP contribution is 2.24. The molecule has 0 aromatic heterocycles. The fourth-order valence-electron chi connectivity index (χ4n) is 1.82. The second kappa shape index (κ2) is 7.23. The van der Waals surface area contributed by atoms with Gasteiger partial charge >= 0.3 is 0 Å². The van der Waals surface area contributed by atoms with E-state index in [2.05, 4.69) is 19.2 Å². The number of hydrogen-bond acceptors (Lipinski definition) is 3. The summed E-state index contributed by atoms with van der Waals surface area (Å²) >= 11 is 5.89. The summed E-state index contributed by atoms with van der Waals surface area (Å²) in [7, 11) is 0. The molecular formula is C17H20ClNO2. The van der Waals surface area contributed by atoms with Crippen molar-refractivity contribution in [2.75, 3.05) is 11.9 Å². The predicted molar refractivity (Wildman–Crippen MR) is 87.2 cm³/mol. The van der Waals surface area contributed by atoms with Crippen LogP contribution in [0.4, 0.5) is 5.69 Å². The van der Waals surface area contributed by atoms with Crippen LogP contribution in [0, 0.1) is 5.92 Å². The van der Waals surface area contributed by atoms with E-state index in [9.17, 15) is 5.11 Å². The predicted octanol–water partition coefficient (Wildman–Crippen LogP) is 4.69. The number of nitrogens with one attached hydrogen (secondary N) is 1. The van der Waals surface area contributed by atoms with Crippen LogP contribution in [0.5, 0.6) is 11.5 Å². The van der Waals surface area contributed by atoms with E-state index in [-0.39, 0.29) is 5.75 Å². The molecule has 4 heteroatoms.